The predicted molar refractivity (Wildman–Crippen MR) is 84.1 cm³/mol. The van der Waals surface area contributed by atoms with Gasteiger partial charge in [0, 0.05) is 11.1 Å². The lowest BCUT2D eigenvalue weighted by Gasteiger charge is -2.39. The van der Waals surface area contributed by atoms with E-state index in [4.69, 9.17) is 21.1 Å². The first-order valence-electron chi connectivity index (χ1n) is 7.85. The monoisotopic (exact) mass is 324 g/mol. The minimum absolute atomic E-state index is 0.202. The average Bonchev–Trinajstić information content (AvgIpc) is 2.92. The van der Waals surface area contributed by atoms with E-state index in [0.29, 0.717) is 34.9 Å². The number of halogens is 1. The van der Waals surface area contributed by atoms with Gasteiger partial charge in [0.25, 0.3) is 0 Å². The molecule has 0 aromatic heterocycles. The van der Waals surface area contributed by atoms with Crippen molar-refractivity contribution in [3.63, 3.8) is 0 Å². The maximum Gasteiger partial charge on any atom is 0.314 e. The third-order valence-electron chi connectivity index (χ3n) is 4.98. The number of aliphatic carboxylic acids is 1. The van der Waals surface area contributed by atoms with Gasteiger partial charge in [0.1, 0.15) is 0 Å². The number of hydrogen-bond acceptors (Lipinski definition) is 3. The summed E-state index contributed by atoms with van der Waals surface area (Å²) in [5, 5.41) is 10.0. The Labute approximate surface area is 135 Å². The molecule has 3 rings (SSSR count). The second kappa shape index (κ2) is 5.99. The summed E-state index contributed by atoms with van der Waals surface area (Å²) in [6.45, 7) is 0. The zero-order valence-electron chi connectivity index (χ0n) is 12.7. The van der Waals surface area contributed by atoms with Gasteiger partial charge in [-0.25, -0.2) is 0 Å². The van der Waals surface area contributed by atoms with Crippen LogP contribution in [0.4, 0.5) is 0 Å². The van der Waals surface area contributed by atoms with Crippen molar-refractivity contribution in [3.05, 3.63) is 22.7 Å². The Morgan fingerprint density at radius 3 is 2.41 bits per heavy atom. The molecule has 0 spiro atoms. The zero-order chi connectivity index (χ0) is 15.7. The van der Waals surface area contributed by atoms with E-state index in [1.54, 1.807) is 19.2 Å². The molecule has 22 heavy (non-hydrogen) atoms. The van der Waals surface area contributed by atoms with E-state index in [1.807, 2.05) is 0 Å². The highest BCUT2D eigenvalue weighted by Gasteiger charge is 2.47. The van der Waals surface area contributed by atoms with Crippen LogP contribution in [0.2, 0.25) is 5.02 Å². The Balaban J connectivity index is 1.94. The minimum atomic E-state index is -0.865. The predicted octanol–water partition coefficient (Wildman–Crippen LogP) is 4.18. The molecule has 2 saturated carbocycles. The summed E-state index contributed by atoms with van der Waals surface area (Å²) in [4.78, 5) is 11.7. The number of benzene rings is 1. The number of carboxylic acid groups (broad SMARTS) is 1. The van der Waals surface area contributed by atoms with Gasteiger partial charge in [-0.3, -0.25) is 4.79 Å². The molecule has 2 aliphatic rings. The topological polar surface area (TPSA) is 55.8 Å². The van der Waals surface area contributed by atoms with Crippen LogP contribution in [0.15, 0.2) is 12.1 Å². The summed E-state index contributed by atoms with van der Waals surface area (Å²) in [6, 6.07) is 3.47. The second-order valence-corrected chi connectivity index (χ2v) is 6.66. The maximum atomic E-state index is 11.7. The van der Waals surface area contributed by atoms with E-state index in [2.05, 4.69) is 0 Å². The van der Waals surface area contributed by atoms with Crippen molar-refractivity contribution in [2.75, 3.05) is 7.11 Å². The molecular formula is C17H21ClO4. The molecule has 0 bridgehead atoms. The number of carbonyl (C=O) groups is 1. The van der Waals surface area contributed by atoms with Crippen LogP contribution in [0.25, 0.3) is 0 Å². The first-order valence-corrected chi connectivity index (χ1v) is 8.23. The SMILES string of the molecule is COc1cc(C2(C(=O)O)CCC2)c(Cl)cc1OC1CCCC1. The second-order valence-electron chi connectivity index (χ2n) is 6.25. The van der Waals surface area contributed by atoms with Crippen molar-refractivity contribution in [1.82, 2.24) is 0 Å². The van der Waals surface area contributed by atoms with Gasteiger partial charge in [0.05, 0.1) is 18.6 Å². The molecule has 0 amide bonds. The Morgan fingerprint density at radius 1 is 1.23 bits per heavy atom. The van der Waals surface area contributed by atoms with Gasteiger partial charge in [0.15, 0.2) is 11.5 Å². The Kier molecular flexibility index (Phi) is 4.22. The van der Waals surface area contributed by atoms with Crippen molar-refractivity contribution in [2.45, 2.75) is 56.5 Å². The fraction of sp³-hybridized carbons (Fsp3) is 0.588. The molecule has 0 heterocycles. The first kappa shape index (κ1) is 15.5. The molecule has 1 aromatic carbocycles. The molecule has 2 fully saturated rings. The molecule has 120 valence electrons. The van der Waals surface area contributed by atoms with Crippen LogP contribution in [0.5, 0.6) is 11.5 Å². The molecule has 5 heteroatoms. The lowest BCUT2D eigenvalue weighted by molar-refractivity contribution is -0.147. The van der Waals surface area contributed by atoms with Gasteiger partial charge in [-0.05, 0) is 50.2 Å². The first-order chi connectivity index (χ1) is 10.6. The van der Waals surface area contributed by atoms with Crippen molar-refractivity contribution < 1.29 is 19.4 Å². The van der Waals surface area contributed by atoms with Gasteiger partial charge < -0.3 is 14.6 Å². The highest BCUT2D eigenvalue weighted by atomic mass is 35.5. The van der Waals surface area contributed by atoms with Gasteiger partial charge in [0.2, 0.25) is 0 Å². The third-order valence-corrected chi connectivity index (χ3v) is 5.29. The third kappa shape index (κ3) is 2.54. The molecule has 0 atom stereocenters. The number of carboxylic acids is 1. The molecule has 1 N–H and O–H groups in total. The Bertz CT molecular complexity index is 574. The van der Waals surface area contributed by atoms with Crippen LogP contribution in [0.3, 0.4) is 0 Å². The minimum Gasteiger partial charge on any atom is -0.493 e. The largest absolute Gasteiger partial charge is 0.493 e. The van der Waals surface area contributed by atoms with Crippen molar-refractivity contribution in [2.24, 2.45) is 0 Å². The van der Waals surface area contributed by atoms with E-state index in [9.17, 15) is 9.90 Å². The quantitative estimate of drug-likeness (QED) is 0.883. The van der Waals surface area contributed by atoms with E-state index < -0.39 is 11.4 Å². The van der Waals surface area contributed by atoms with Crippen molar-refractivity contribution in [3.8, 4) is 11.5 Å². The summed E-state index contributed by atoms with van der Waals surface area (Å²) in [5.41, 5.74) is -0.223. The molecule has 2 aliphatic carbocycles. The van der Waals surface area contributed by atoms with Crippen LogP contribution >= 0.6 is 11.6 Å². The molecule has 0 saturated heterocycles. The number of hydrogen-bond donors (Lipinski definition) is 1. The smallest absolute Gasteiger partial charge is 0.314 e. The Hall–Kier alpha value is -1.42. The van der Waals surface area contributed by atoms with Crippen molar-refractivity contribution >= 4 is 17.6 Å². The summed E-state index contributed by atoms with van der Waals surface area (Å²) < 4.78 is 11.4. The summed E-state index contributed by atoms with van der Waals surface area (Å²) in [5.74, 6) is 0.369. The fourth-order valence-electron chi connectivity index (χ4n) is 3.47. The number of ether oxygens (including phenoxy) is 2. The molecule has 1 aromatic rings. The van der Waals surface area contributed by atoms with E-state index in [0.717, 1.165) is 19.3 Å². The van der Waals surface area contributed by atoms with E-state index in [-0.39, 0.29) is 6.10 Å². The van der Waals surface area contributed by atoms with Crippen LogP contribution < -0.4 is 9.47 Å². The Morgan fingerprint density at radius 2 is 1.91 bits per heavy atom. The highest BCUT2D eigenvalue weighted by molar-refractivity contribution is 6.32. The number of methoxy groups -OCH3 is 1. The lowest BCUT2D eigenvalue weighted by atomic mass is 9.64. The van der Waals surface area contributed by atoms with Crippen LogP contribution in [-0.4, -0.2) is 24.3 Å². The van der Waals surface area contributed by atoms with Crippen LogP contribution in [0, 0.1) is 0 Å². The number of rotatable bonds is 5. The maximum absolute atomic E-state index is 11.7. The van der Waals surface area contributed by atoms with Gasteiger partial charge >= 0.3 is 5.97 Å². The normalized spacial score (nSPS) is 20.5. The summed E-state index contributed by atoms with van der Waals surface area (Å²) >= 11 is 6.39. The molecule has 0 unspecified atom stereocenters. The molecule has 0 aliphatic heterocycles. The fourth-order valence-corrected chi connectivity index (χ4v) is 3.80. The van der Waals surface area contributed by atoms with E-state index >= 15 is 0 Å². The van der Waals surface area contributed by atoms with Crippen molar-refractivity contribution in [1.29, 1.82) is 0 Å². The highest BCUT2D eigenvalue weighted by Crippen LogP contribution is 2.49. The van der Waals surface area contributed by atoms with Gasteiger partial charge in [-0.2, -0.15) is 0 Å². The summed E-state index contributed by atoms with van der Waals surface area (Å²) in [6.07, 6.45) is 6.80. The molecule has 4 nitrogen and oxygen atoms in total. The van der Waals surface area contributed by atoms with Gasteiger partial charge in [-0.15, -0.1) is 0 Å². The molecular weight excluding hydrogens is 304 g/mol. The zero-order valence-corrected chi connectivity index (χ0v) is 13.5. The average molecular weight is 325 g/mol. The lowest BCUT2D eigenvalue weighted by Crippen LogP contribution is -2.42. The standard InChI is InChI=1S/C17H21ClO4/c1-21-14-9-12(17(16(19)20)7-4-8-17)13(18)10-15(14)22-11-5-2-3-6-11/h9-11H,2-8H2,1H3,(H,19,20). The van der Waals surface area contributed by atoms with Crippen LogP contribution in [-0.2, 0) is 10.2 Å². The summed E-state index contributed by atoms with van der Waals surface area (Å²) in [7, 11) is 1.57. The van der Waals surface area contributed by atoms with E-state index in [1.165, 1.54) is 12.8 Å². The van der Waals surface area contributed by atoms with Gasteiger partial charge in [-0.1, -0.05) is 18.0 Å². The molecule has 0 radical (unpaired) electrons. The van der Waals surface area contributed by atoms with Crippen LogP contribution in [0.1, 0.15) is 50.5 Å².